The number of rotatable bonds is 9. The van der Waals surface area contributed by atoms with E-state index in [1.807, 2.05) is 6.08 Å². The van der Waals surface area contributed by atoms with Gasteiger partial charge < -0.3 is 11.1 Å². The van der Waals surface area contributed by atoms with Crippen molar-refractivity contribution in [2.75, 3.05) is 5.32 Å². The minimum absolute atomic E-state index is 0.503. The molecular formula is C50H40N4. The fourth-order valence-electron chi connectivity index (χ4n) is 7.55. The number of allylic oxidation sites excluding steroid dienone is 3. The van der Waals surface area contributed by atoms with Gasteiger partial charge in [0.15, 0.2) is 0 Å². The lowest BCUT2D eigenvalue weighted by atomic mass is 9.89. The van der Waals surface area contributed by atoms with Gasteiger partial charge >= 0.3 is 0 Å². The lowest BCUT2D eigenvalue weighted by molar-refractivity contribution is 1.34. The summed E-state index contributed by atoms with van der Waals surface area (Å²) in [5.41, 5.74) is 17.7. The predicted octanol–water partition coefficient (Wildman–Crippen LogP) is 12.8. The molecule has 0 fully saturated rings. The fraction of sp³-hybridized carbons (Fsp3) is 0.0400. The number of aryl methyl sites for hydroxylation is 2. The Balaban J connectivity index is 1.17. The largest absolute Gasteiger partial charge is 0.404 e. The number of nitrogens with two attached hydrogens (primary N) is 1. The van der Waals surface area contributed by atoms with E-state index < -0.39 is 0 Å². The van der Waals surface area contributed by atoms with Crippen LogP contribution in [0.15, 0.2) is 176 Å². The molecule has 0 aliphatic heterocycles. The molecule has 54 heavy (non-hydrogen) atoms. The summed E-state index contributed by atoms with van der Waals surface area (Å²) in [5.74, 6) is 0.503. The Morgan fingerprint density at radius 3 is 2.07 bits per heavy atom. The second-order valence-corrected chi connectivity index (χ2v) is 13.5. The molecule has 7 aromatic carbocycles. The van der Waals surface area contributed by atoms with Gasteiger partial charge in [-0.3, -0.25) is 0 Å². The average Bonchev–Trinajstić information content (AvgIpc) is 3.21. The third-order valence-electron chi connectivity index (χ3n) is 10.2. The van der Waals surface area contributed by atoms with Crippen molar-refractivity contribution in [2.45, 2.75) is 13.8 Å². The summed E-state index contributed by atoms with van der Waals surface area (Å²) in [6.45, 7) is 12.5. The lowest BCUT2D eigenvalue weighted by Crippen LogP contribution is -2.02. The highest BCUT2D eigenvalue weighted by Crippen LogP contribution is 2.44. The number of hydrogen-bond acceptors (Lipinski definition) is 4. The lowest BCUT2D eigenvalue weighted by Gasteiger charge is -2.20. The smallest absolute Gasteiger partial charge is 0.123 e. The molecule has 8 aromatic rings. The summed E-state index contributed by atoms with van der Waals surface area (Å²) in [6, 6.07) is 46.7. The van der Waals surface area contributed by atoms with Crippen LogP contribution in [-0.4, -0.2) is 11.2 Å². The summed E-state index contributed by atoms with van der Waals surface area (Å²) in [5, 5.41) is 11.5. The molecule has 0 aliphatic carbocycles. The molecular weight excluding hydrogens is 657 g/mol. The fourth-order valence-corrected chi connectivity index (χ4v) is 7.55. The molecule has 4 heteroatoms. The first-order valence-electron chi connectivity index (χ1n) is 18.1. The van der Waals surface area contributed by atoms with Crippen molar-refractivity contribution in [2.24, 2.45) is 10.7 Å². The van der Waals surface area contributed by atoms with Crippen LogP contribution in [0.2, 0.25) is 0 Å². The molecule has 0 aliphatic rings. The second kappa shape index (κ2) is 14.5. The maximum absolute atomic E-state index is 6.34. The molecule has 3 N–H and O–H groups in total. The zero-order valence-corrected chi connectivity index (χ0v) is 30.5. The summed E-state index contributed by atoms with van der Waals surface area (Å²) < 4.78 is 0. The van der Waals surface area contributed by atoms with Gasteiger partial charge in [-0.2, -0.15) is 0 Å². The number of fused-ring (bicyclic) bond motifs is 5. The molecule has 0 amide bonds. The van der Waals surface area contributed by atoms with Crippen LogP contribution in [-0.2, 0) is 0 Å². The Morgan fingerprint density at radius 2 is 1.33 bits per heavy atom. The summed E-state index contributed by atoms with van der Waals surface area (Å²) in [6.07, 6.45) is 9.22. The number of nitrogens with one attached hydrogen (secondary N) is 1. The first-order chi connectivity index (χ1) is 26.5. The van der Waals surface area contributed by atoms with Gasteiger partial charge in [-0.25, -0.2) is 9.98 Å². The van der Waals surface area contributed by atoms with Crippen molar-refractivity contribution in [3.8, 4) is 22.4 Å². The molecule has 0 bridgehead atoms. The van der Waals surface area contributed by atoms with Gasteiger partial charge in [-0.15, -0.1) is 0 Å². The topological polar surface area (TPSA) is 63.3 Å². The van der Waals surface area contributed by atoms with Crippen LogP contribution < -0.4 is 11.1 Å². The summed E-state index contributed by atoms with van der Waals surface area (Å²) in [7, 11) is 0. The number of hydrogen-bond donors (Lipinski definition) is 2. The molecule has 4 nitrogen and oxygen atoms in total. The molecule has 0 radical (unpaired) electrons. The number of benzene rings is 7. The Bertz CT molecular complexity index is 2870. The Morgan fingerprint density at radius 1 is 0.685 bits per heavy atom. The third kappa shape index (κ3) is 6.14. The normalized spacial score (nSPS) is 12.1. The van der Waals surface area contributed by atoms with Crippen LogP contribution in [0, 0.1) is 13.8 Å². The third-order valence-corrected chi connectivity index (χ3v) is 10.2. The number of anilines is 1. The van der Waals surface area contributed by atoms with Gasteiger partial charge in [-0.1, -0.05) is 159 Å². The van der Waals surface area contributed by atoms with E-state index in [0.29, 0.717) is 5.82 Å². The van der Waals surface area contributed by atoms with Crippen LogP contribution in [0.25, 0.3) is 77.3 Å². The van der Waals surface area contributed by atoms with Gasteiger partial charge in [0.1, 0.15) is 5.82 Å². The summed E-state index contributed by atoms with van der Waals surface area (Å²) in [4.78, 5) is 10.1. The van der Waals surface area contributed by atoms with Crippen molar-refractivity contribution in [1.29, 1.82) is 0 Å². The highest BCUT2D eigenvalue weighted by atomic mass is 15.0. The Kier molecular flexibility index (Phi) is 9.17. The Labute approximate surface area is 316 Å². The highest BCUT2D eigenvalue weighted by molar-refractivity contribution is 6.21. The van der Waals surface area contributed by atoms with Crippen LogP contribution >= 0.6 is 0 Å². The van der Waals surface area contributed by atoms with Crippen molar-refractivity contribution >= 4 is 66.8 Å². The number of aliphatic imine (C=N–C) groups is 1. The molecule has 260 valence electrons. The van der Waals surface area contributed by atoms with E-state index in [2.05, 4.69) is 172 Å². The van der Waals surface area contributed by atoms with Crippen LogP contribution in [0.3, 0.4) is 0 Å². The van der Waals surface area contributed by atoms with E-state index in [9.17, 15) is 0 Å². The van der Waals surface area contributed by atoms with Gasteiger partial charge in [0.2, 0.25) is 0 Å². The second-order valence-electron chi connectivity index (χ2n) is 13.5. The first-order valence-corrected chi connectivity index (χ1v) is 18.1. The molecule has 0 saturated carbocycles. The van der Waals surface area contributed by atoms with E-state index in [-0.39, 0.29) is 0 Å². The number of nitrogens with zero attached hydrogens (tertiary/aromatic N) is 2. The number of aromatic nitrogens is 1. The molecule has 0 unspecified atom stereocenters. The van der Waals surface area contributed by atoms with Gasteiger partial charge in [0, 0.05) is 39.9 Å². The van der Waals surface area contributed by atoms with E-state index in [1.165, 1.54) is 21.7 Å². The quantitative estimate of drug-likeness (QED) is 0.0897. The van der Waals surface area contributed by atoms with Gasteiger partial charge in [0.05, 0.1) is 16.9 Å². The van der Waals surface area contributed by atoms with E-state index >= 15 is 0 Å². The minimum Gasteiger partial charge on any atom is -0.404 e. The maximum atomic E-state index is 6.34. The zero-order valence-electron chi connectivity index (χ0n) is 30.5. The van der Waals surface area contributed by atoms with E-state index in [4.69, 9.17) is 15.7 Å². The monoisotopic (exact) mass is 696 g/mol. The van der Waals surface area contributed by atoms with Gasteiger partial charge in [0.25, 0.3) is 0 Å². The zero-order chi connectivity index (χ0) is 37.2. The molecule has 1 heterocycles. The molecule has 0 atom stereocenters. The SMILES string of the molecule is C=C/C=C\c1ccc2ccc(-c3ccc(C(/C=N\C(=C)Nc4c(-c5ccccc5C)c5ccccc5c5ccccc45)=C/N)c4ccccc34)nc2c1C. The highest BCUT2D eigenvalue weighted by Gasteiger charge is 2.18. The Hall–Kier alpha value is -7.04. The molecule has 0 spiro atoms. The van der Waals surface area contributed by atoms with Crippen LogP contribution in [0.5, 0.6) is 0 Å². The molecule has 8 rings (SSSR count). The number of pyridine rings is 1. The van der Waals surface area contributed by atoms with Crippen LogP contribution in [0.4, 0.5) is 5.69 Å². The maximum Gasteiger partial charge on any atom is 0.123 e. The molecule has 1 aromatic heterocycles. The van der Waals surface area contributed by atoms with Gasteiger partial charge in [-0.05, 0) is 74.7 Å². The minimum atomic E-state index is 0.503. The standard InChI is InChI=1S/C50H40N4/c1-5-6-16-35-24-25-36-26-29-47(54-49(36)33(35)3)44-28-27-39(40-18-9-10-19-41(40)44)37(30-51)31-52-34(4)53-50-46-23-14-12-21-43(46)42-20-11-13-22-45(42)48(50)38-17-8-7-15-32(38)2/h5-31,53H,1,4,51H2,2-3H3/b16-6-,37-30+,52-31-. The summed E-state index contributed by atoms with van der Waals surface area (Å²) >= 11 is 0. The van der Waals surface area contributed by atoms with Crippen molar-refractivity contribution < 1.29 is 0 Å². The van der Waals surface area contributed by atoms with Crippen molar-refractivity contribution in [1.82, 2.24) is 4.98 Å². The van der Waals surface area contributed by atoms with Crippen molar-refractivity contribution in [3.05, 3.63) is 193 Å². The first kappa shape index (κ1) is 34.1. The van der Waals surface area contributed by atoms with Crippen molar-refractivity contribution in [3.63, 3.8) is 0 Å². The molecule has 0 saturated heterocycles. The van der Waals surface area contributed by atoms with E-state index in [0.717, 1.165) is 77.4 Å². The predicted molar refractivity (Wildman–Crippen MR) is 234 cm³/mol. The van der Waals surface area contributed by atoms with Crippen LogP contribution in [0.1, 0.15) is 22.3 Å². The average molecular weight is 697 g/mol. The van der Waals surface area contributed by atoms with E-state index in [1.54, 1.807) is 18.5 Å².